The number of nitrogens with zero attached hydrogens (tertiary/aromatic N) is 1. The van der Waals surface area contributed by atoms with Crippen LogP contribution in [-0.2, 0) is 9.53 Å². The van der Waals surface area contributed by atoms with Crippen molar-refractivity contribution in [2.45, 2.75) is 6.92 Å². The lowest BCUT2D eigenvalue weighted by Gasteiger charge is -2.10. The molecular weight excluding hydrogens is 356 g/mol. The number of ketones is 1. The van der Waals surface area contributed by atoms with Crippen molar-refractivity contribution in [3.05, 3.63) is 63.7 Å². The minimum atomic E-state index is -0.733. The fraction of sp³-hybridized carbons (Fsp3) is 0.167. The molecule has 0 atom stereocenters. The summed E-state index contributed by atoms with van der Waals surface area (Å²) in [6.07, 6.45) is 0. The first-order valence-corrected chi connectivity index (χ1v) is 7.73. The predicted octanol–water partition coefficient (Wildman–Crippen LogP) is 2.60. The number of carbonyl (C=O) groups is 3. The Kier molecular flexibility index (Phi) is 6.21. The minimum Gasteiger partial charge on any atom is -0.477 e. The molecule has 2 aromatic carbocycles. The van der Waals surface area contributed by atoms with Crippen molar-refractivity contribution in [2.24, 2.45) is 0 Å². The molecule has 0 unspecified atom stereocenters. The molecule has 0 aliphatic carbocycles. The molecular formula is C18H16N2O7. The summed E-state index contributed by atoms with van der Waals surface area (Å²) in [5.41, 5.74) is 0.152. The first-order valence-electron chi connectivity index (χ1n) is 7.73. The van der Waals surface area contributed by atoms with Crippen LogP contribution in [0.3, 0.4) is 0 Å². The number of hydrogen-bond donors (Lipinski definition) is 1. The number of esters is 1. The Morgan fingerprint density at radius 3 is 2.48 bits per heavy atom. The molecule has 1 N–H and O–H groups in total. The number of amides is 1. The molecule has 0 saturated carbocycles. The van der Waals surface area contributed by atoms with Crippen LogP contribution >= 0.6 is 0 Å². The lowest BCUT2D eigenvalue weighted by molar-refractivity contribution is -0.385. The van der Waals surface area contributed by atoms with E-state index in [1.54, 1.807) is 24.3 Å². The molecule has 2 aromatic rings. The smallest absolute Gasteiger partial charge is 0.338 e. The number of nitrogens with one attached hydrogen (secondary N) is 1. The van der Waals surface area contributed by atoms with Gasteiger partial charge in [-0.25, -0.2) is 4.79 Å². The molecule has 0 heterocycles. The number of hydrogen-bond acceptors (Lipinski definition) is 7. The Hall–Kier alpha value is -3.75. The Balaban J connectivity index is 2.12. The Morgan fingerprint density at radius 2 is 1.85 bits per heavy atom. The highest BCUT2D eigenvalue weighted by atomic mass is 16.6. The summed E-state index contributed by atoms with van der Waals surface area (Å²) in [5.74, 6) is -1.73. The summed E-state index contributed by atoms with van der Waals surface area (Å²) >= 11 is 0. The van der Waals surface area contributed by atoms with Gasteiger partial charge in [-0.1, -0.05) is 12.1 Å². The molecule has 9 heteroatoms. The van der Waals surface area contributed by atoms with Crippen LogP contribution in [0.25, 0.3) is 0 Å². The van der Waals surface area contributed by atoms with Crippen LogP contribution in [0.15, 0.2) is 42.5 Å². The molecule has 0 aliphatic rings. The number of benzene rings is 2. The van der Waals surface area contributed by atoms with E-state index in [0.717, 1.165) is 13.2 Å². The van der Waals surface area contributed by atoms with Crippen LogP contribution in [0.4, 0.5) is 11.4 Å². The number of nitro groups is 1. The first-order chi connectivity index (χ1) is 12.8. The summed E-state index contributed by atoms with van der Waals surface area (Å²) in [6.45, 7) is 0.846. The number of carbonyl (C=O) groups excluding carboxylic acids is 3. The van der Waals surface area contributed by atoms with E-state index in [2.05, 4.69) is 10.1 Å². The van der Waals surface area contributed by atoms with E-state index in [0.29, 0.717) is 11.3 Å². The number of Topliss-reactive ketones (excluding diaryl/α,β-unsaturated/α-hetero) is 1. The normalized spacial score (nSPS) is 10.0. The second-order valence-corrected chi connectivity index (χ2v) is 5.37. The summed E-state index contributed by atoms with van der Waals surface area (Å²) in [5, 5.41) is 13.7. The van der Waals surface area contributed by atoms with Crippen molar-refractivity contribution >= 4 is 29.0 Å². The maximum Gasteiger partial charge on any atom is 0.338 e. The van der Waals surface area contributed by atoms with E-state index in [1.165, 1.54) is 19.1 Å². The van der Waals surface area contributed by atoms with Gasteiger partial charge in [0.15, 0.2) is 18.1 Å². The summed E-state index contributed by atoms with van der Waals surface area (Å²) in [6, 6.07) is 9.94. The van der Waals surface area contributed by atoms with E-state index >= 15 is 0 Å². The molecule has 0 aliphatic heterocycles. The zero-order valence-electron chi connectivity index (χ0n) is 14.6. The van der Waals surface area contributed by atoms with Gasteiger partial charge in [0.2, 0.25) is 0 Å². The largest absolute Gasteiger partial charge is 0.477 e. The highest BCUT2D eigenvalue weighted by Gasteiger charge is 2.20. The average Bonchev–Trinajstić information content (AvgIpc) is 2.65. The highest BCUT2D eigenvalue weighted by Crippen LogP contribution is 2.28. The number of ether oxygens (including phenoxy) is 2. The van der Waals surface area contributed by atoms with Crippen LogP contribution in [-0.4, -0.2) is 36.3 Å². The summed E-state index contributed by atoms with van der Waals surface area (Å²) in [4.78, 5) is 45.6. The van der Waals surface area contributed by atoms with Gasteiger partial charge in [-0.3, -0.25) is 19.7 Å². The molecule has 0 bridgehead atoms. The van der Waals surface area contributed by atoms with Crippen molar-refractivity contribution in [1.82, 2.24) is 0 Å². The third-order valence-corrected chi connectivity index (χ3v) is 3.52. The number of anilines is 1. The van der Waals surface area contributed by atoms with E-state index in [4.69, 9.17) is 4.74 Å². The van der Waals surface area contributed by atoms with E-state index in [-0.39, 0.29) is 17.1 Å². The van der Waals surface area contributed by atoms with Crippen LogP contribution in [0.1, 0.15) is 27.6 Å². The fourth-order valence-corrected chi connectivity index (χ4v) is 2.26. The molecule has 9 nitrogen and oxygen atoms in total. The van der Waals surface area contributed by atoms with E-state index in [9.17, 15) is 24.5 Å². The molecule has 140 valence electrons. The second-order valence-electron chi connectivity index (χ2n) is 5.37. The van der Waals surface area contributed by atoms with Crippen molar-refractivity contribution in [2.75, 3.05) is 19.0 Å². The van der Waals surface area contributed by atoms with Gasteiger partial charge in [0, 0.05) is 11.6 Å². The quantitative estimate of drug-likeness (QED) is 0.343. The van der Waals surface area contributed by atoms with Crippen molar-refractivity contribution in [3.8, 4) is 5.75 Å². The fourth-order valence-electron chi connectivity index (χ4n) is 2.26. The zero-order chi connectivity index (χ0) is 20.0. The minimum absolute atomic E-state index is 0.0172. The number of rotatable bonds is 7. The highest BCUT2D eigenvalue weighted by molar-refractivity contribution is 6.04. The maximum absolute atomic E-state index is 12.1. The molecule has 0 saturated heterocycles. The number of nitro benzene ring substituents is 1. The van der Waals surface area contributed by atoms with Gasteiger partial charge in [-0.2, -0.15) is 0 Å². The maximum atomic E-state index is 12.1. The standard InChI is InChI=1S/C18H16N2O7/c1-11(21)13-5-3-4-6-14(13)19-17(22)10-27-16-8-7-12(18(23)26-2)9-15(16)20(24)25/h3-9H,10H2,1-2H3,(H,19,22). The van der Waals surface area contributed by atoms with Crippen molar-refractivity contribution in [3.63, 3.8) is 0 Å². The van der Waals surface area contributed by atoms with Gasteiger partial charge in [0.05, 0.1) is 23.3 Å². The van der Waals surface area contributed by atoms with Crippen LogP contribution < -0.4 is 10.1 Å². The van der Waals surface area contributed by atoms with Gasteiger partial charge in [-0.15, -0.1) is 0 Å². The lowest BCUT2D eigenvalue weighted by atomic mass is 10.1. The molecule has 2 rings (SSSR count). The second kappa shape index (κ2) is 8.56. The Morgan fingerprint density at radius 1 is 1.15 bits per heavy atom. The Labute approximate surface area is 154 Å². The Bertz CT molecular complexity index is 908. The topological polar surface area (TPSA) is 125 Å². The number of methoxy groups -OCH3 is 1. The van der Waals surface area contributed by atoms with Crippen molar-refractivity contribution in [1.29, 1.82) is 0 Å². The monoisotopic (exact) mass is 372 g/mol. The lowest BCUT2D eigenvalue weighted by Crippen LogP contribution is -2.21. The molecule has 0 spiro atoms. The van der Waals surface area contributed by atoms with Gasteiger partial charge < -0.3 is 14.8 Å². The SMILES string of the molecule is COC(=O)c1ccc(OCC(=O)Nc2ccccc2C(C)=O)c([N+](=O)[O-])c1. The van der Waals surface area contributed by atoms with E-state index in [1.807, 2.05) is 0 Å². The van der Waals surface area contributed by atoms with Gasteiger partial charge in [0.25, 0.3) is 5.91 Å². The first kappa shape index (κ1) is 19.6. The molecule has 0 fully saturated rings. The zero-order valence-corrected chi connectivity index (χ0v) is 14.6. The molecule has 1 amide bonds. The van der Waals surface area contributed by atoms with Crippen LogP contribution in [0.2, 0.25) is 0 Å². The molecule has 0 aromatic heterocycles. The molecule has 27 heavy (non-hydrogen) atoms. The van der Waals surface area contributed by atoms with Gasteiger partial charge >= 0.3 is 11.7 Å². The van der Waals surface area contributed by atoms with Crippen LogP contribution in [0, 0.1) is 10.1 Å². The number of para-hydroxylation sites is 1. The predicted molar refractivity (Wildman–Crippen MR) is 95.0 cm³/mol. The third kappa shape index (κ3) is 4.88. The summed E-state index contributed by atoms with van der Waals surface area (Å²) < 4.78 is 9.72. The molecule has 0 radical (unpaired) electrons. The third-order valence-electron chi connectivity index (χ3n) is 3.52. The van der Waals surface area contributed by atoms with Gasteiger partial charge in [-0.05, 0) is 31.2 Å². The average molecular weight is 372 g/mol. The van der Waals surface area contributed by atoms with Gasteiger partial charge in [0.1, 0.15) is 0 Å². The summed E-state index contributed by atoms with van der Waals surface area (Å²) in [7, 11) is 1.15. The van der Waals surface area contributed by atoms with Crippen LogP contribution in [0.5, 0.6) is 5.75 Å². The van der Waals surface area contributed by atoms with E-state index < -0.39 is 29.1 Å². The van der Waals surface area contributed by atoms with Crippen molar-refractivity contribution < 1.29 is 28.8 Å².